The van der Waals surface area contributed by atoms with Gasteiger partial charge in [0, 0.05) is 6.92 Å². The van der Waals surface area contributed by atoms with Crippen molar-refractivity contribution >= 4 is 17.7 Å². The molecule has 1 unspecified atom stereocenters. The standard InChI is InChI=1S/C12H20O4/c1-5-10(6-2)7-11(8(3)13)12(15)16-9(4)14/h10-11H,5-7H2,1-4H3. The molecule has 0 bridgehead atoms. The van der Waals surface area contributed by atoms with Crippen molar-refractivity contribution in [2.24, 2.45) is 11.8 Å². The molecule has 4 heteroatoms. The van der Waals surface area contributed by atoms with E-state index in [-0.39, 0.29) is 5.78 Å². The Labute approximate surface area is 96.4 Å². The smallest absolute Gasteiger partial charge is 0.324 e. The third kappa shape index (κ3) is 5.05. The van der Waals surface area contributed by atoms with Gasteiger partial charge < -0.3 is 4.74 Å². The van der Waals surface area contributed by atoms with Gasteiger partial charge in [-0.25, -0.2) is 0 Å². The molecule has 0 aromatic carbocycles. The second kappa shape index (κ2) is 7.14. The molecule has 0 saturated carbocycles. The molecule has 4 nitrogen and oxygen atoms in total. The van der Waals surface area contributed by atoms with Crippen LogP contribution in [0, 0.1) is 11.8 Å². The van der Waals surface area contributed by atoms with Crippen LogP contribution in [0.5, 0.6) is 0 Å². The summed E-state index contributed by atoms with van der Waals surface area (Å²) in [5, 5.41) is 0. The van der Waals surface area contributed by atoms with Gasteiger partial charge in [-0.3, -0.25) is 14.4 Å². The van der Waals surface area contributed by atoms with Crippen LogP contribution in [-0.4, -0.2) is 17.7 Å². The Morgan fingerprint density at radius 1 is 1.06 bits per heavy atom. The van der Waals surface area contributed by atoms with E-state index in [4.69, 9.17) is 0 Å². The molecule has 0 aromatic rings. The van der Waals surface area contributed by atoms with Crippen LogP contribution in [0.2, 0.25) is 0 Å². The largest absolute Gasteiger partial charge is 0.393 e. The minimum absolute atomic E-state index is 0.238. The van der Waals surface area contributed by atoms with Crippen LogP contribution in [0.1, 0.15) is 47.0 Å². The molecule has 0 N–H and O–H groups in total. The zero-order valence-electron chi connectivity index (χ0n) is 10.4. The van der Waals surface area contributed by atoms with E-state index in [9.17, 15) is 14.4 Å². The number of Topliss-reactive ketones (excluding diaryl/α,β-unsaturated/α-hetero) is 1. The lowest BCUT2D eigenvalue weighted by molar-refractivity contribution is -0.162. The third-order valence-electron chi connectivity index (χ3n) is 2.74. The van der Waals surface area contributed by atoms with Crippen molar-refractivity contribution in [2.75, 3.05) is 0 Å². The van der Waals surface area contributed by atoms with Gasteiger partial charge in [-0.2, -0.15) is 0 Å². The Morgan fingerprint density at radius 3 is 1.88 bits per heavy atom. The quantitative estimate of drug-likeness (QED) is 0.516. The number of esters is 2. The van der Waals surface area contributed by atoms with E-state index in [1.807, 2.05) is 13.8 Å². The van der Waals surface area contributed by atoms with Gasteiger partial charge in [-0.1, -0.05) is 26.7 Å². The van der Waals surface area contributed by atoms with E-state index in [1.54, 1.807) is 0 Å². The van der Waals surface area contributed by atoms with E-state index in [2.05, 4.69) is 4.74 Å². The summed E-state index contributed by atoms with van der Waals surface area (Å²) in [5.74, 6) is -2.10. The molecule has 16 heavy (non-hydrogen) atoms. The topological polar surface area (TPSA) is 60.4 Å². The Morgan fingerprint density at radius 2 is 1.56 bits per heavy atom. The van der Waals surface area contributed by atoms with Crippen LogP contribution in [0.15, 0.2) is 0 Å². The zero-order chi connectivity index (χ0) is 12.7. The Hall–Kier alpha value is -1.19. The van der Waals surface area contributed by atoms with Gasteiger partial charge in [-0.15, -0.1) is 0 Å². The van der Waals surface area contributed by atoms with Gasteiger partial charge in [0.15, 0.2) is 0 Å². The minimum Gasteiger partial charge on any atom is -0.393 e. The summed E-state index contributed by atoms with van der Waals surface area (Å²) in [5.41, 5.74) is 0. The van der Waals surface area contributed by atoms with Crippen molar-refractivity contribution in [2.45, 2.75) is 47.0 Å². The molecule has 0 aromatic heterocycles. The van der Waals surface area contributed by atoms with Crippen molar-refractivity contribution in [3.8, 4) is 0 Å². The monoisotopic (exact) mass is 228 g/mol. The van der Waals surface area contributed by atoms with Crippen molar-refractivity contribution in [3.05, 3.63) is 0 Å². The van der Waals surface area contributed by atoms with E-state index >= 15 is 0 Å². The lowest BCUT2D eigenvalue weighted by Gasteiger charge is -2.17. The Bertz CT molecular complexity index is 266. The second-order valence-electron chi connectivity index (χ2n) is 3.99. The molecule has 0 amide bonds. The number of hydrogen-bond donors (Lipinski definition) is 0. The van der Waals surface area contributed by atoms with Crippen molar-refractivity contribution in [1.82, 2.24) is 0 Å². The SMILES string of the molecule is CCC(CC)CC(C(C)=O)C(=O)OC(C)=O. The number of carbonyl (C=O) groups is 3. The van der Waals surface area contributed by atoms with Crippen LogP contribution in [0.3, 0.4) is 0 Å². The fourth-order valence-electron chi connectivity index (χ4n) is 1.60. The second-order valence-corrected chi connectivity index (χ2v) is 3.99. The lowest BCUT2D eigenvalue weighted by atomic mass is 9.88. The Kier molecular flexibility index (Phi) is 6.61. The summed E-state index contributed by atoms with van der Waals surface area (Å²) in [6.07, 6.45) is 2.29. The van der Waals surface area contributed by atoms with Crippen LogP contribution < -0.4 is 0 Å². The number of rotatable bonds is 6. The first-order chi connectivity index (χ1) is 7.42. The summed E-state index contributed by atoms with van der Waals surface area (Å²) in [6.45, 7) is 6.55. The molecule has 0 spiro atoms. The maximum atomic E-state index is 11.5. The number of carbonyl (C=O) groups excluding carboxylic acids is 3. The fourth-order valence-corrected chi connectivity index (χ4v) is 1.60. The molecule has 0 rings (SSSR count). The highest BCUT2D eigenvalue weighted by atomic mass is 16.6. The number of ketones is 1. The maximum Gasteiger partial charge on any atom is 0.324 e. The van der Waals surface area contributed by atoms with E-state index < -0.39 is 17.9 Å². The predicted molar refractivity (Wildman–Crippen MR) is 59.6 cm³/mol. The van der Waals surface area contributed by atoms with Gasteiger partial charge in [0.05, 0.1) is 0 Å². The van der Waals surface area contributed by atoms with Crippen molar-refractivity contribution in [1.29, 1.82) is 0 Å². The summed E-state index contributed by atoms with van der Waals surface area (Å²) in [6, 6.07) is 0. The van der Waals surface area contributed by atoms with Crippen molar-refractivity contribution < 1.29 is 19.1 Å². The summed E-state index contributed by atoms with van der Waals surface area (Å²) < 4.78 is 4.46. The molecule has 0 radical (unpaired) electrons. The molecule has 0 saturated heterocycles. The van der Waals surface area contributed by atoms with Gasteiger partial charge in [0.25, 0.3) is 0 Å². The molecular formula is C12H20O4. The third-order valence-corrected chi connectivity index (χ3v) is 2.74. The molecule has 0 heterocycles. The highest BCUT2D eigenvalue weighted by molar-refractivity contribution is 6.00. The molecule has 1 atom stereocenters. The van der Waals surface area contributed by atoms with E-state index in [1.165, 1.54) is 6.92 Å². The van der Waals surface area contributed by atoms with Gasteiger partial charge in [0.1, 0.15) is 11.7 Å². The predicted octanol–water partition coefficient (Wildman–Crippen LogP) is 2.11. The fraction of sp³-hybridized carbons (Fsp3) is 0.750. The maximum absolute atomic E-state index is 11.5. The van der Waals surface area contributed by atoms with Crippen LogP contribution in [-0.2, 0) is 19.1 Å². The van der Waals surface area contributed by atoms with E-state index in [0.29, 0.717) is 12.3 Å². The Balaban J connectivity index is 4.54. The number of hydrogen-bond acceptors (Lipinski definition) is 4. The highest BCUT2D eigenvalue weighted by Crippen LogP contribution is 2.20. The molecule has 0 aliphatic rings. The lowest BCUT2D eigenvalue weighted by Crippen LogP contribution is -2.28. The molecule has 0 aliphatic heterocycles. The first kappa shape index (κ1) is 14.8. The summed E-state index contributed by atoms with van der Waals surface area (Å²) in [4.78, 5) is 33.5. The molecular weight excluding hydrogens is 208 g/mol. The molecule has 0 aliphatic carbocycles. The molecule has 0 fully saturated rings. The van der Waals surface area contributed by atoms with Gasteiger partial charge in [0.2, 0.25) is 0 Å². The first-order valence-corrected chi connectivity index (χ1v) is 5.65. The zero-order valence-corrected chi connectivity index (χ0v) is 10.4. The normalized spacial score (nSPS) is 12.3. The minimum atomic E-state index is -0.797. The van der Waals surface area contributed by atoms with Crippen LogP contribution in [0.25, 0.3) is 0 Å². The summed E-state index contributed by atoms with van der Waals surface area (Å²) >= 11 is 0. The average Bonchev–Trinajstić information content (AvgIpc) is 2.17. The number of ether oxygens (including phenoxy) is 1. The average molecular weight is 228 g/mol. The summed E-state index contributed by atoms with van der Waals surface area (Å²) in [7, 11) is 0. The molecule has 92 valence electrons. The first-order valence-electron chi connectivity index (χ1n) is 5.65. The van der Waals surface area contributed by atoms with Gasteiger partial charge in [-0.05, 0) is 19.3 Å². The van der Waals surface area contributed by atoms with Crippen molar-refractivity contribution in [3.63, 3.8) is 0 Å². The van der Waals surface area contributed by atoms with Gasteiger partial charge >= 0.3 is 11.9 Å². The van der Waals surface area contributed by atoms with Crippen LogP contribution >= 0.6 is 0 Å². The highest BCUT2D eigenvalue weighted by Gasteiger charge is 2.28. The van der Waals surface area contributed by atoms with E-state index in [0.717, 1.165) is 19.8 Å². The van der Waals surface area contributed by atoms with Crippen LogP contribution in [0.4, 0.5) is 0 Å².